The van der Waals surface area contributed by atoms with Crippen LogP contribution in [0.3, 0.4) is 0 Å². The molecule has 0 aliphatic carbocycles. The molecule has 44 heavy (non-hydrogen) atoms. The highest BCUT2D eigenvalue weighted by atomic mass is 16.6. The molecule has 0 bridgehead atoms. The topological polar surface area (TPSA) is 75.6 Å². The fourth-order valence-corrected chi connectivity index (χ4v) is 4.14. The van der Waals surface area contributed by atoms with E-state index in [9.17, 15) is 5.11 Å². The van der Waals surface area contributed by atoms with Gasteiger partial charge in [-0.05, 0) is 160 Å². The van der Waals surface area contributed by atoms with Gasteiger partial charge in [0.15, 0.2) is 23.0 Å². The number of hydrogen-bond acceptors (Lipinski definition) is 7. The van der Waals surface area contributed by atoms with Crippen LogP contribution in [0.2, 0.25) is 0 Å². The standard InChI is InChI=1S/C37H60O7/c1-32(2,3)39-25-19-23(20-26(40-33(4,5)6)30(25)43-36(13,14)15)29(38)24-21-27(41-34(7,8)9)31(44-37(16,17)18)28(22-24)42-35(10,11)12/h19-22,29,38H,1-18H3. The highest BCUT2D eigenvalue weighted by Gasteiger charge is 2.31. The molecule has 0 aromatic heterocycles. The van der Waals surface area contributed by atoms with Gasteiger partial charge in [-0.1, -0.05) is 0 Å². The predicted octanol–water partition coefficient (Wildman–Crippen LogP) is 9.83. The van der Waals surface area contributed by atoms with Crippen molar-refractivity contribution < 1.29 is 33.5 Å². The molecule has 250 valence electrons. The smallest absolute Gasteiger partial charge is 0.204 e. The summed E-state index contributed by atoms with van der Waals surface area (Å²) in [7, 11) is 0. The molecule has 7 nitrogen and oxygen atoms in total. The fourth-order valence-electron chi connectivity index (χ4n) is 4.14. The van der Waals surface area contributed by atoms with Gasteiger partial charge in [0.1, 0.15) is 39.7 Å². The lowest BCUT2D eigenvalue weighted by molar-refractivity contribution is 0.0761. The first-order chi connectivity index (χ1) is 19.4. The Labute approximate surface area is 267 Å². The molecule has 0 saturated heterocycles. The van der Waals surface area contributed by atoms with E-state index >= 15 is 0 Å². The molecule has 0 atom stereocenters. The first kappa shape index (κ1) is 37.4. The maximum absolute atomic E-state index is 12.0. The Kier molecular flexibility index (Phi) is 10.7. The zero-order valence-corrected chi connectivity index (χ0v) is 30.8. The summed E-state index contributed by atoms with van der Waals surface area (Å²) < 4.78 is 38.5. The van der Waals surface area contributed by atoms with Gasteiger partial charge < -0.3 is 33.5 Å². The second kappa shape index (κ2) is 12.5. The van der Waals surface area contributed by atoms with E-state index in [4.69, 9.17) is 28.4 Å². The zero-order chi connectivity index (χ0) is 34.3. The molecule has 0 aliphatic heterocycles. The first-order valence-corrected chi connectivity index (χ1v) is 15.6. The number of aliphatic hydroxyl groups excluding tert-OH is 1. The summed E-state index contributed by atoms with van der Waals surface area (Å²) in [5.41, 5.74) is -2.05. The molecule has 0 fully saturated rings. The SMILES string of the molecule is CC(C)(C)Oc1cc(C(O)c2cc(OC(C)(C)C)c(OC(C)(C)C)c(OC(C)(C)C)c2)cc(OC(C)(C)C)c1OC(C)(C)C. The molecule has 0 amide bonds. The quantitative estimate of drug-likeness (QED) is 0.316. The lowest BCUT2D eigenvalue weighted by Crippen LogP contribution is -2.29. The summed E-state index contributed by atoms with van der Waals surface area (Å²) in [6.07, 6.45) is -1.09. The molecule has 7 heteroatoms. The van der Waals surface area contributed by atoms with E-state index in [-0.39, 0.29) is 0 Å². The van der Waals surface area contributed by atoms with E-state index in [1.54, 1.807) is 0 Å². The summed E-state index contributed by atoms with van der Waals surface area (Å²) in [5, 5.41) is 12.0. The van der Waals surface area contributed by atoms with Crippen LogP contribution in [0.1, 0.15) is 142 Å². The van der Waals surface area contributed by atoms with Crippen LogP contribution in [-0.2, 0) is 0 Å². The second-order valence-electron chi connectivity index (χ2n) is 17.4. The summed E-state index contributed by atoms with van der Waals surface area (Å²) in [6, 6.07) is 7.28. The first-order valence-electron chi connectivity index (χ1n) is 15.6. The Morgan fingerprint density at radius 1 is 0.364 bits per heavy atom. The molecule has 0 saturated carbocycles. The molecule has 2 rings (SSSR count). The molecule has 2 aromatic rings. The average molecular weight is 617 g/mol. The van der Waals surface area contributed by atoms with Crippen LogP contribution < -0.4 is 28.4 Å². The zero-order valence-electron chi connectivity index (χ0n) is 30.8. The lowest BCUT2D eigenvalue weighted by Gasteiger charge is -2.32. The number of hydrogen-bond donors (Lipinski definition) is 1. The van der Waals surface area contributed by atoms with Crippen molar-refractivity contribution in [2.75, 3.05) is 0 Å². The normalized spacial score (nSPS) is 13.5. The third kappa shape index (κ3) is 12.7. The molecule has 0 spiro atoms. The van der Waals surface area contributed by atoms with Crippen LogP contribution in [0.5, 0.6) is 34.5 Å². The van der Waals surface area contributed by atoms with Gasteiger partial charge in [0, 0.05) is 0 Å². The van der Waals surface area contributed by atoms with Crippen LogP contribution in [0.4, 0.5) is 0 Å². The third-order valence-electron chi connectivity index (χ3n) is 5.20. The minimum absolute atomic E-state index is 0.480. The lowest BCUT2D eigenvalue weighted by atomic mass is 9.98. The van der Waals surface area contributed by atoms with Crippen LogP contribution in [0.25, 0.3) is 0 Å². The van der Waals surface area contributed by atoms with Gasteiger partial charge in [-0.25, -0.2) is 0 Å². The van der Waals surface area contributed by atoms with Crippen molar-refractivity contribution in [3.63, 3.8) is 0 Å². The van der Waals surface area contributed by atoms with Crippen molar-refractivity contribution in [2.24, 2.45) is 0 Å². The highest BCUT2D eigenvalue weighted by Crippen LogP contribution is 2.48. The van der Waals surface area contributed by atoms with E-state index in [2.05, 4.69) is 0 Å². The fraction of sp³-hybridized carbons (Fsp3) is 0.676. The molecule has 0 aliphatic rings. The van der Waals surface area contributed by atoms with E-state index in [1.807, 2.05) is 149 Å². The third-order valence-corrected chi connectivity index (χ3v) is 5.20. The largest absolute Gasteiger partial charge is 0.484 e. The van der Waals surface area contributed by atoms with Crippen molar-refractivity contribution in [3.05, 3.63) is 35.4 Å². The number of aliphatic hydroxyl groups is 1. The van der Waals surface area contributed by atoms with Gasteiger partial charge in [-0.3, -0.25) is 0 Å². The molecular weight excluding hydrogens is 556 g/mol. The Morgan fingerprint density at radius 3 is 0.705 bits per heavy atom. The molecule has 0 unspecified atom stereocenters. The van der Waals surface area contributed by atoms with E-state index in [1.165, 1.54) is 0 Å². The highest BCUT2D eigenvalue weighted by molar-refractivity contribution is 5.59. The van der Waals surface area contributed by atoms with Gasteiger partial charge in [-0.2, -0.15) is 0 Å². The Balaban J connectivity index is 2.92. The van der Waals surface area contributed by atoms with Gasteiger partial charge in [0.05, 0.1) is 0 Å². The monoisotopic (exact) mass is 616 g/mol. The van der Waals surface area contributed by atoms with Gasteiger partial charge in [0.2, 0.25) is 11.5 Å². The van der Waals surface area contributed by atoms with Crippen molar-refractivity contribution in [2.45, 2.75) is 164 Å². The summed E-state index contributed by atoms with van der Waals surface area (Å²) in [4.78, 5) is 0. The van der Waals surface area contributed by atoms with E-state index < -0.39 is 39.7 Å². The number of rotatable bonds is 8. The molecule has 1 N–H and O–H groups in total. The average Bonchev–Trinajstić information content (AvgIpc) is 2.71. The van der Waals surface area contributed by atoms with Crippen molar-refractivity contribution in [1.82, 2.24) is 0 Å². The minimum Gasteiger partial charge on any atom is -0.484 e. The van der Waals surface area contributed by atoms with Crippen molar-refractivity contribution >= 4 is 0 Å². The van der Waals surface area contributed by atoms with Gasteiger partial charge in [-0.15, -0.1) is 0 Å². The molecular formula is C37H60O7. The maximum Gasteiger partial charge on any atom is 0.204 e. The summed E-state index contributed by atoms with van der Waals surface area (Å²) in [5.74, 6) is 2.89. The predicted molar refractivity (Wildman–Crippen MR) is 179 cm³/mol. The van der Waals surface area contributed by atoms with Crippen molar-refractivity contribution in [3.8, 4) is 34.5 Å². The maximum atomic E-state index is 12.0. The minimum atomic E-state index is -1.09. The second-order valence-corrected chi connectivity index (χ2v) is 17.4. The molecule has 0 radical (unpaired) electrons. The van der Waals surface area contributed by atoms with E-state index in [0.29, 0.717) is 45.6 Å². The van der Waals surface area contributed by atoms with E-state index in [0.717, 1.165) is 0 Å². The van der Waals surface area contributed by atoms with Crippen LogP contribution in [0, 0.1) is 0 Å². The van der Waals surface area contributed by atoms with Crippen LogP contribution in [-0.4, -0.2) is 38.7 Å². The molecule has 0 heterocycles. The van der Waals surface area contributed by atoms with Gasteiger partial charge in [0.25, 0.3) is 0 Å². The number of benzene rings is 2. The van der Waals surface area contributed by atoms with Crippen molar-refractivity contribution in [1.29, 1.82) is 0 Å². The van der Waals surface area contributed by atoms with Crippen LogP contribution >= 0.6 is 0 Å². The summed E-state index contributed by atoms with van der Waals surface area (Å²) in [6.45, 7) is 35.6. The van der Waals surface area contributed by atoms with Crippen LogP contribution in [0.15, 0.2) is 24.3 Å². The van der Waals surface area contributed by atoms with Gasteiger partial charge >= 0.3 is 0 Å². The summed E-state index contributed by atoms with van der Waals surface area (Å²) >= 11 is 0. The number of ether oxygens (including phenoxy) is 6. The Hall–Kier alpha value is -2.80. The Morgan fingerprint density at radius 2 is 0.545 bits per heavy atom. The molecule has 2 aromatic carbocycles. The Bertz CT molecular complexity index is 1090.